The predicted molar refractivity (Wildman–Crippen MR) is 66.4 cm³/mol. The lowest BCUT2D eigenvalue weighted by Gasteiger charge is -2.33. The molecule has 3 aliphatic rings. The molecular weight excluding hydrogens is 212 g/mol. The Hall–Kier alpha value is -0.370. The summed E-state index contributed by atoms with van der Waals surface area (Å²) in [6, 6.07) is 0. The van der Waals surface area contributed by atoms with Crippen LogP contribution >= 0.6 is 0 Å². The number of Topliss-reactive ketones (excluding diaryl/α,β-unsaturated/α-hetero) is 1. The van der Waals surface area contributed by atoms with E-state index in [0.29, 0.717) is 11.7 Å². The molecule has 0 aromatic carbocycles. The molecule has 3 rings (SSSR count). The first-order valence-electron chi connectivity index (χ1n) is 7.00. The fraction of sp³-hybridized carbons (Fsp3) is 0.867. The maximum Gasteiger partial charge on any atom is 0.145 e. The number of ketones is 1. The van der Waals surface area contributed by atoms with Gasteiger partial charge in [-0.15, -0.1) is 0 Å². The Bertz CT molecular complexity index is 341. The van der Waals surface area contributed by atoms with Gasteiger partial charge in [0.05, 0.1) is 6.10 Å². The van der Waals surface area contributed by atoms with E-state index in [1.807, 2.05) is 0 Å². The van der Waals surface area contributed by atoms with E-state index in [-0.39, 0.29) is 22.9 Å². The summed E-state index contributed by atoms with van der Waals surface area (Å²) in [4.78, 5) is 12.7. The van der Waals surface area contributed by atoms with Crippen molar-refractivity contribution in [2.24, 2.45) is 22.7 Å². The van der Waals surface area contributed by atoms with E-state index < -0.39 is 0 Å². The number of hydrogen-bond donors (Lipinski definition) is 0. The SMILES string of the molecule is [CH2]C12CCC(C(C3CCCCO3)C1=O)C2(C)C. The van der Waals surface area contributed by atoms with Crippen LogP contribution in [-0.4, -0.2) is 18.5 Å². The van der Waals surface area contributed by atoms with Crippen LogP contribution in [0.1, 0.15) is 46.0 Å². The molecule has 0 aromatic rings. The monoisotopic (exact) mass is 235 g/mol. The summed E-state index contributed by atoms with van der Waals surface area (Å²) in [5.41, 5.74) is -0.265. The Labute approximate surface area is 104 Å². The zero-order chi connectivity index (χ0) is 12.3. The molecular formula is C15H23O2. The van der Waals surface area contributed by atoms with Gasteiger partial charge in [-0.3, -0.25) is 4.79 Å². The van der Waals surface area contributed by atoms with Gasteiger partial charge in [0.15, 0.2) is 0 Å². The van der Waals surface area contributed by atoms with E-state index in [9.17, 15) is 4.79 Å². The van der Waals surface area contributed by atoms with Crippen molar-refractivity contribution in [2.45, 2.75) is 52.1 Å². The van der Waals surface area contributed by atoms with Gasteiger partial charge in [-0.25, -0.2) is 0 Å². The molecule has 1 radical (unpaired) electrons. The quantitative estimate of drug-likeness (QED) is 0.698. The van der Waals surface area contributed by atoms with Crippen LogP contribution in [0.15, 0.2) is 0 Å². The van der Waals surface area contributed by atoms with Gasteiger partial charge in [0.25, 0.3) is 0 Å². The Kier molecular flexibility index (Phi) is 2.46. The average Bonchev–Trinajstić information content (AvgIpc) is 2.62. The van der Waals surface area contributed by atoms with Crippen molar-refractivity contribution in [3.63, 3.8) is 0 Å². The average molecular weight is 235 g/mol. The Morgan fingerprint density at radius 1 is 1.29 bits per heavy atom. The smallest absolute Gasteiger partial charge is 0.145 e. The molecule has 2 heteroatoms. The second-order valence-electron chi connectivity index (χ2n) is 6.74. The lowest BCUT2D eigenvalue weighted by Crippen LogP contribution is -2.39. The van der Waals surface area contributed by atoms with E-state index >= 15 is 0 Å². The van der Waals surface area contributed by atoms with Crippen LogP contribution in [0.4, 0.5) is 0 Å². The minimum atomic E-state index is -0.330. The zero-order valence-electron chi connectivity index (χ0n) is 11.0. The van der Waals surface area contributed by atoms with Gasteiger partial charge in [-0.2, -0.15) is 0 Å². The molecule has 2 saturated carbocycles. The fourth-order valence-electron chi connectivity index (χ4n) is 4.49. The van der Waals surface area contributed by atoms with Crippen LogP contribution in [0, 0.1) is 29.6 Å². The van der Waals surface area contributed by atoms with Gasteiger partial charge in [0, 0.05) is 17.9 Å². The fourth-order valence-corrected chi connectivity index (χ4v) is 4.49. The maximum atomic E-state index is 12.7. The first kappa shape index (κ1) is 11.7. The molecule has 4 unspecified atom stereocenters. The van der Waals surface area contributed by atoms with Crippen molar-refractivity contribution in [2.75, 3.05) is 6.61 Å². The molecule has 0 N–H and O–H groups in total. The normalized spacial score (nSPS) is 48.6. The van der Waals surface area contributed by atoms with Gasteiger partial charge < -0.3 is 4.74 Å². The molecule has 17 heavy (non-hydrogen) atoms. The Balaban J connectivity index is 1.90. The van der Waals surface area contributed by atoms with Crippen LogP contribution in [0.3, 0.4) is 0 Å². The summed E-state index contributed by atoms with van der Waals surface area (Å²) < 4.78 is 5.87. The van der Waals surface area contributed by atoms with Crippen molar-refractivity contribution in [3.8, 4) is 0 Å². The van der Waals surface area contributed by atoms with E-state index in [1.165, 1.54) is 6.42 Å². The highest BCUT2D eigenvalue weighted by Gasteiger charge is 2.67. The zero-order valence-corrected chi connectivity index (χ0v) is 11.0. The summed E-state index contributed by atoms with van der Waals surface area (Å²) in [5, 5.41) is 0. The van der Waals surface area contributed by atoms with E-state index in [1.54, 1.807) is 0 Å². The summed E-state index contributed by atoms with van der Waals surface area (Å²) in [5.74, 6) is 1.03. The molecule has 1 heterocycles. The molecule has 3 fully saturated rings. The minimum absolute atomic E-state index is 0.0650. The van der Waals surface area contributed by atoms with E-state index in [2.05, 4.69) is 20.8 Å². The van der Waals surface area contributed by atoms with Crippen LogP contribution in [-0.2, 0) is 9.53 Å². The second kappa shape index (κ2) is 3.57. The highest BCUT2D eigenvalue weighted by Crippen LogP contribution is 2.66. The first-order chi connectivity index (χ1) is 7.98. The third-order valence-corrected chi connectivity index (χ3v) is 5.87. The van der Waals surface area contributed by atoms with Gasteiger partial charge >= 0.3 is 0 Å². The standard InChI is InChI=1S/C15H23O2/c1-14(2)10-7-8-15(14,3)13(16)12(10)11-6-4-5-9-17-11/h10-12H,3-9H2,1-2H3. The number of hydrogen-bond acceptors (Lipinski definition) is 2. The third kappa shape index (κ3) is 1.34. The van der Waals surface area contributed by atoms with E-state index in [4.69, 9.17) is 4.74 Å². The summed E-state index contributed by atoms with van der Waals surface area (Å²) in [7, 11) is 0. The summed E-state index contributed by atoms with van der Waals surface area (Å²) in [6.07, 6.45) is 5.76. The molecule has 1 saturated heterocycles. The number of carbonyl (C=O) groups is 1. The molecule has 95 valence electrons. The largest absolute Gasteiger partial charge is 0.377 e. The lowest BCUT2D eigenvalue weighted by atomic mass is 9.70. The van der Waals surface area contributed by atoms with Crippen molar-refractivity contribution in [3.05, 3.63) is 6.92 Å². The highest BCUT2D eigenvalue weighted by molar-refractivity contribution is 5.93. The molecule has 0 spiro atoms. The molecule has 1 aliphatic heterocycles. The van der Waals surface area contributed by atoms with Gasteiger partial charge in [-0.1, -0.05) is 13.8 Å². The molecule has 0 amide bonds. The van der Waals surface area contributed by atoms with Crippen molar-refractivity contribution < 1.29 is 9.53 Å². The molecule has 2 aliphatic carbocycles. The molecule has 0 aromatic heterocycles. The van der Waals surface area contributed by atoms with Crippen LogP contribution in [0.5, 0.6) is 0 Å². The number of ether oxygens (including phenoxy) is 1. The first-order valence-corrected chi connectivity index (χ1v) is 7.00. The lowest BCUT2D eigenvalue weighted by molar-refractivity contribution is -0.136. The van der Waals surface area contributed by atoms with Crippen molar-refractivity contribution in [1.29, 1.82) is 0 Å². The molecule has 2 nitrogen and oxygen atoms in total. The number of fused-ring (bicyclic) bond motifs is 2. The molecule has 2 bridgehead atoms. The van der Waals surface area contributed by atoms with Crippen LogP contribution < -0.4 is 0 Å². The molecule has 4 atom stereocenters. The number of rotatable bonds is 1. The second-order valence-corrected chi connectivity index (χ2v) is 6.74. The van der Waals surface area contributed by atoms with Crippen molar-refractivity contribution in [1.82, 2.24) is 0 Å². The van der Waals surface area contributed by atoms with Crippen LogP contribution in [0.2, 0.25) is 0 Å². The summed E-state index contributed by atoms with van der Waals surface area (Å²) >= 11 is 0. The number of carbonyl (C=O) groups excluding carboxylic acids is 1. The van der Waals surface area contributed by atoms with Gasteiger partial charge in [0.2, 0.25) is 0 Å². The summed E-state index contributed by atoms with van der Waals surface area (Å²) in [6.45, 7) is 9.61. The van der Waals surface area contributed by atoms with E-state index in [0.717, 1.165) is 32.3 Å². The maximum absolute atomic E-state index is 12.7. The van der Waals surface area contributed by atoms with Gasteiger partial charge in [0.1, 0.15) is 5.78 Å². The minimum Gasteiger partial charge on any atom is -0.377 e. The van der Waals surface area contributed by atoms with Crippen LogP contribution in [0.25, 0.3) is 0 Å². The Morgan fingerprint density at radius 3 is 2.59 bits per heavy atom. The predicted octanol–water partition coefficient (Wildman–Crippen LogP) is 3.01. The topological polar surface area (TPSA) is 26.3 Å². The highest BCUT2D eigenvalue weighted by atomic mass is 16.5. The third-order valence-electron chi connectivity index (χ3n) is 5.87. The Morgan fingerprint density at radius 2 is 2.06 bits per heavy atom. The van der Waals surface area contributed by atoms with Gasteiger partial charge in [-0.05, 0) is 50.4 Å². The van der Waals surface area contributed by atoms with Crippen molar-refractivity contribution >= 4 is 5.78 Å².